The number of benzene rings is 1. The molecule has 1 amide bonds. The van der Waals surface area contributed by atoms with Gasteiger partial charge >= 0.3 is 0 Å². The third kappa shape index (κ3) is 4.44. The largest absolute Gasteiger partial charge is 0.437 e. The van der Waals surface area contributed by atoms with E-state index in [2.05, 4.69) is 4.98 Å². The smallest absolute Gasteiger partial charge is 0.266 e. The Balaban J connectivity index is 2.13. The average Bonchev–Trinajstić information content (AvgIpc) is 2.40. The number of aromatic nitrogens is 1. The molecule has 1 N–H and O–H groups in total. The number of ether oxygens (including phenoxy) is 1. The number of nitrogens with zero attached hydrogens (tertiary/aromatic N) is 1. The molecule has 1 heterocycles. The number of amides is 1. The lowest BCUT2D eigenvalue weighted by Gasteiger charge is -2.07. The molecule has 2 aromatic rings. The minimum Gasteiger partial charge on any atom is -0.437 e. The third-order valence-corrected chi connectivity index (χ3v) is 3.20. The molecule has 0 fully saturated rings. The SMILES string of the molecule is CS(=O)(=O)NC(=O)c1ccc(Oc2ccccc2Cl)nc1. The van der Waals surface area contributed by atoms with Crippen LogP contribution in [-0.2, 0) is 10.0 Å². The van der Waals surface area contributed by atoms with Crippen molar-refractivity contribution >= 4 is 27.5 Å². The van der Waals surface area contributed by atoms with Crippen LogP contribution < -0.4 is 9.46 Å². The van der Waals surface area contributed by atoms with Gasteiger partial charge in [-0.1, -0.05) is 23.7 Å². The van der Waals surface area contributed by atoms with Crippen LogP contribution in [0.25, 0.3) is 0 Å². The summed E-state index contributed by atoms with van der Waals surface area (Å²) in [6.07, 6.45) is 2.11. The first-order valence-corrected chi connectivity index (χ1v) is 8.02. The van der Waals surface area contributed by atoms with Crippen molar-refractivity contribution in [2.45, 2.75) is 0 Å². The summed E-state index contributed by atoms with van der Waals surface area (Å²) in [5, 5.41) is 0.429. The van der Waals surface area contributed by atoms with Crippen LogP contribution in [0.15, 0.2) is 42.6 Å². The lowest BCUT2D eigenvalue weighted by molar-refractivity contribution is 0.0981. The van der Waals surface area contributed by atoms with Crippen molar-refractivity contribution in [1.29, 1.82) is 0 Å². The van der Waals surface area contributed by atoms with E-state index >= 15 is 0 Å². The van der Waals surface area contributed by atoms with Gasteiger partial charge < -0.3 is 4.74 Å². The van der Waals surface area contributed by atoms with Crippen molar-refractivity contribution in [3.63, 3.8) is 0 Å². The summed E-state index contributed by atoms with van der Waals surface area (Å²) in [5.74, 6) is -0.0895. The lowest BCUT2D eigenvalue weighted by Crippen LogP contribution is -2.29. The van der Waals surface area contributed by atoms with Gasteiger partial charge in [-0.05, 0) is 18.2 Å². The van der Waals surface area contributed by atoms with Gasteiger partial charge in [-0.25, -0.2) is 18.1 Å². The highest BCUT2D eigenvalue weighted by Gasteiger charge is 2.12. The number of pyridine rings is 1. The molecule has 110 valence electrons. The van der Waals surface area contributed by atoms with Crippen molar-refractivity contribution in [3.05, 3.63) is 53.2 Å². The number of halogens is 1. The standard InChI is InChI=1S/C13H11ClN2O4S/c1-21(18,19)16-13(17)9-6-7-12(15-8-9)20-11-5-3-2-4-10(11)14/h2-8H,1H3,(H,16,17). The Morgan fingerprint density at radius 3 is 2.52 bits per heavy atom. The molecule has 0 atom stereocenters. The van der Waals surface area contributed by atoms with Gasteiger partial charge in [0.1, 0.15) is 5.75 Å². The fraction of sp³-hybridized carbons (Fsp3) is 0.0769. The van der Waals surface area contributed by atoms with Crippen molar-refractivity contribution < 1.29 is 17.9 Å². The minimum atomic E-state index is -3.61. The quantitative estimate of drug-likeness (QED) is 0.931. The van der Waals surface area contributed by atoms with Gasteiger partial charge in [0.05, 0.1) is 16.8 Å². The maximum absolute atomic E-state index is 11.6. The Hall–Kier alpha value is -2.12. The van der Waals surface area contributed by atoms with E-state index in [1.54, 1.807) is 24.3 Å². The topological polar surface area (TPSA) is 85.4 Å². The van der Waals surface area contributed by atoms with Gasteiger partial charge in [-0.3, -0.25) is 4.79 Å². The van der Waals surface area contributed by atoms with E-state index < -0.39 is 15.9 Å². The number of para-hydroxylation sites is 1. The Labute approximate surface area is 126 Å². The predicted molar refractivity (Wildman–Crippen MR) is 78.1 cm³/mol. The molecule has 0 aliphatic heterocycles. The maximum atomic E-state index is 11.6. The first-order chi connectivity index (χ1) is 9.85. The Morgan fingerprint density at radius 2 is 1.95 bits per heavy atom. The molecule has 0 bridgehead atoms. The second-order valence-electron chi connectivity index (χ2n) is 4.12. The highest BCUT2D eigenvalue weighted by molar-refractivity contribution is 7.89. The molecule has 0 spiro atoms. The Kier molecular flexibility index (Phi) is 4.44. The summed E-state index contributed by atoms with van der Waals surface area (Å²) in [6, 6.07) is 9.72. The van der Waals surface area contributed by atoms with E-state index in [0.717, 1.165) is 6.26 Å². The van der Waals surface area contributed by atoms with E-state index in [1.165, 1.54) is 18.3 Å². The fourth-order valence-corrected chi connectivity index (χ4v) is 2.07. The summed E-state index contributed by atoms with van der Waals surface area (Å²) in [7, 11) is -3.61. The summed E-state index contributed by atoms with van der Waals surface area (Å²) in [4.78, 5) is 15.5. The van der Waals surface area contributed by atoms with Crippen LogP contribution in [0.3, 0.4) is 0 Å². The van der Waals surface area contributed by atoms with Crippen molar-refractivity contribution in [2.24, 2.45) is 0 Å². The number of rotatable bonds is 4. The van der Waals surface area contributed by atoms with E-state index in [4.69, 9.17) is 16.3 Å². The van der Waals surface area contributed by atoms with Crippen molar-refractivity contribution in [2.75, 3.05) is 6.26 Å². The van der Waals surface area contributed by atoms with E-state index in [0.29, 0.717) is 10.8 Å². The van der Waals surface area contributed by atoms with Crippen LogP contribution >= 0.6 is 11.6 Å². The van der Waals surface area contributed by atoms with Crippen LogP contribution in [0, 0.1) is 0 Å². The summed E-state index contributed by atoms with van der Waals surface area (Å²) in [6.45, 7) is 0. The molecule has 21 heavy (non-hydrogen) atoms. The zero-order valence-corrected chi connectivity index (χ0v) is 12.5. The zero-order valence-electron chi connectivity index (χ0n) is 10.9. The summed E-state index contributed by atoms with van der Waals surface area (Å²) in [5.41, 5.74) is 0.104. The zero-order chi connectivity index (χ0) is 15.5. The Morgan fingerprint density at radius 1 is 1.24 bits per heavy atom. The number of carbonyl (C=O) groups is 1. The molecule has 1 aromatic carbocycles. The molecular weight excluding hydrogens is 316 g/mol. The molecule has 0 saturated heterocycles. The van der Waals surface area contributed by atoms with Gasteiger partial charge in [0.15, 0.2) is 0 Å². The monoisotopic (exact) mass is 326 g/mol. The highest BCUT2D eigenvalue weighted by atomic mass is 35.5. The molecule has 0 aliphatic carbocycles. The second kappa shape index (κ2) is 6.11. The maximum Gasteiger partial charge on any atom is 0.266 e. The first-order valence-electron chi connectivity index (χ1n) is 5.76. The van der Waals surface area contributed by atoms with Gasteiger partial charge in [0.25, 0.3) is 5.91 Å². The van der Waals surface area contributed by atoms with Gasteiger partial charge in [-0.15, -0.1) is 0 Å². The first kappa shape index (κ1) is 15.3. The normalized spacial score (nSPS) is 11.0. The highest BCUT2D eigenvalue weighted by Crippen LogP contribution is 2.27. The van der Waals surface area contributed by atoms with Crippen molar-refractivity contribution in [3.8, 4) is 11.6 Å². The number of sulfonamides is 1. The van der Waals surface area contributed by atoms with E-state index in [1.807, 2.05) is 4.72 Å². The minimum absolute atomic E-state index is 0.104. The second-order valence-corrected chi connectivity index (χ2v) is 6.28. The molecule has 2 rings (SSSR count). The molecule has 0 saturated carbocycles. The molecule has 6 nitrogen and oxygen atoms in total. The number of carbonyl (C=O) groups excluding carboxylic acids is 1. The molecule has 8 heteroatoms. The van der Waals surface area contributed by atoms with Gasteiger partial charge in [-0.2, -0.15) is 0 Å². The molecular formula is C13H11ClN2O4S. The number of hydrogen-bond donors (Lipinski definition) is 1. The number of hydrogen-bond acceptors (Lipinski definition) is 5. The third-order valence-electron chi connectivity index (χ3n) is 2.33. The van der Waals surface area contributed by atoms with Crippen LogP contribution in [0.2, 0.25) is 5.02 Å². The molecule has 1 aromatic heterocycles. The van der Waals surface area contributed by atoms with Crippen LogP contribution in [-0.4, -0.2) is 25.6 Å². The van der Waals surface area contributed by atoms with Crippen LogP contribution in [0.4, 0.5) is 0 Å². The molecule has 0 radical (unpaired) electrons. The van der Waals surface area contributed by atoms with Gasteiger partial charge in [0, 0.05) is 12.3 Å². The van der Waals surface area contributed by atoms with E-state index in [9.17, 15) is 13.2 Å². The van der Waals surface area contributed by atoms with Gasteiger partial charge in [0.2, 0.25) is 15.9 Å². The summed E-state index contributed by atoms with van der Waals surface area (Å²) >= 11 is 5.94. The Bertz CT molecular complexity index is 760. The predicted octanol–water partition coefficient (Wildman–Crippen LogP) is 2.22. The lowest BCUT2D eigenvalue weighted by atomic mass is 10.3. The average molecular weight is 327 g/mol. The van der Waals surface area contributed by atoms with Crippen LogP contribution in [0.5, 0.6) is 11.6 Å². The number of nitrogens with one attached hydrogen (secondary N) is 1. The van der Waals surface area contributed by atoms with E-state index in [-0.39, 0.29) is 11.4 Å². The molecule has 0 aliphatic rings. The van der Waals surface area contributed by atoms with Crippen molar-refractivity contribution in [1.82, 2.24) is 9.71 Å². The van der Waals surface area contributed by atoms with Crippen LogP contribution in [0.1, 0.15) is 10.4 Å². The molecule has 0 unspecified atom stereocenters. The summed E-state index contributed by atoms with van der Waals surface area (Å²) < 4.78 is 29.2. The fourth-order valence-electron chi connectivity index (χ4n) is 1.44.